The van der Waals surface area contributed by atoms with Crippen LogP contribution in [0.15, 0.2) is 22.8 Å². The minimum absolute atomic E-state index is 0.0734. The fourth-order valence-corrected chi connectivity index (χ4v) is 1.65. The molecule has 0 aliphatic heterocycles. The second kappa shape index (κ2) is 6.64. The van der Waals surface area contributed by atoms with Crippen molar-refractivity contribution in [3.05, 3.63) is 24.2 Å². The van der Waals surface area contributed by atoms with E-state index in [1.165, 1.54) is 12.8 Å². The van der Waals surface area contributed by atoms with Gasteiger partial charge in [-0.1, -0.05) is 19.8 Å². The number of aliphatic hydroxyl groups is 1. The van der Waals surface area contributed by atoms with Crippen LogP contribution >= 0.6 is 0 Å². The molecule has 0 spiro atoms. The highest BCUT2D eigenvalue weighted by molar-refractivity contribution is 5.04. The van der Waals surface area contributed by atoms with E-state index in [0.29, 0.717) is 6.04 Å². The molecule has 0 saturated carbocycles. The summed E-state index contributed by atoms with van der Waals surface area (Å²) in [5.74, 6) is 0.806. The minimum atomic E-state index is -0.0770. The number of hydrogen-bond acceptors (Lipinski definition) is 3. The van der Waals surface area contributed by atoms with Crippen LogP contribution < -0.4 is 5.32 Å². The van der Waals surface area contributed by atoms with E-state index < -0.39 is 0 Å². The number of unbranched alkanes of at least 4 members (excludes halogenated alkanes) is 1. The smallest absolute Gasteiger partial charge is 0.123 e. The first-order valence-corrected chi connectivity index (χ1v) is 5.68. The quantitative estimate of drug-likeness (QED) is 0.728. The van der Waals surface area contributed by atoms with Crippen LogP contribution in [0.25, 0.3) is 0 Å². The fraction of sp³-hybridized carbons (Fsp3) is 0.667. The van der Waals surface area contributed by atoms with Crippen molar-refractivity contribution in [3.63, 3.8) is 0 Å². The highest BCUT2D eigenvalue weighted by atomic mass is 16.3. The lowest BCUT2D eigenvalue weighted by molar-refractivity contribution is 0.214. The molecule has 0 aliphatic carbocycles. The standard InChI is InChI=1S/C12H21NO2/c1-3-4-6-10(2)13-11(9-14)12-7-5-8-15-12/h5,7-8,10-11,13-14H,3-4,6,9H2,1-2H3. The van der Waals surface area contributed by atoms with Gasteiger partial charge in [-0.3, -0.25) is 0 Å². The Kier molecular flexibility index (Phi) is 5.43. The topological polar surface area (TPSA) is 45.4 Å². The highest BCUT2D eigenvalue weighted by Crippen LogP contribution is 2.14. The predicted molar refractivity (Wildman–Crippen MR) is 60.7 cm³/mol. The van der Waals surface area contributed by atoms with Crippen molar-refractivity contribution in [1.82, 2.24) is 5.32 Å². The van der Waals surface area contributed by atoms with Gasteiger partial charge in [0.05, 0.1) is 18.9 Å². The van der Waals surface area contributed by atoms with Gasteiger partial charge in [0, 0.05) is 6.04 Å². The molecule has 0 amide bonds. The first kappa shape index (κ1) is 12.3. The third-order valence-electron chi connectivity index (χ3n) is 2.55. The molecule has 2 unspecified atom stereocenters. The molecule has 0 bridgehead atoms. The maximum absolute atomic E-state index is 9.25. The second-order valence-electron chi connectivity index (χ2n) is 3.96. The van der Waals surface area contributed by atoms with Crippen molar-refractivity contribution in [1.29, 1.82) is 0 Å². The Hall–Kier alpha value is -0.800. The van der Waals surface area contributed by atoms with Crippen molar-refractivity contribution >= 4 is 0 Å². The summed E-state index contributed by atoms with van der Waals surface area (Å²) in [6.07, 6.45) is 5.19. The molecule has 1 aromatic heterocycles. The summed E-state index contributed by atoms with van der Waals surface area (Å²) >= 11 is 0. The SMILES string of the molecule is CCCCC(C)NC(CO)c1ccco1. The van der Waals surface area contributed by atoms with Crippen LogP contribution in [0.5, 0.6) is 0 Å². The molecule has 0 saturated heterocycles. The molecule has 86 valence electrons. The summed E-state index contributed by atoms with van der Waals surface area (Å²) in [5.41, 5.74) is 0. The Morgan fingerprint density at radius 1 is 1.53 bits per heavy atom. The Labute approximate surface area is 91.5 Å². The molecule has 3 heteroatoms. The molecule has 2 N–H and O–H groups in total. The number of rotatable bonds is 7. The Morgan fingerprint density at radius 3 is 2.87 bits per heavy atom. The average Bonchev–Trinajstić information content (AvgIpc) is 2.76. The normalized spacial score (nSPS) is 15.1. The van der Waals surface area contributed by atoms with E-state index >= 15 is 0 Å². The van der Waals surface area contributed by atoms with Crippen LogP contribution in [-0.2, 0) is 0 Å². The first-order chi connectivity index (χ1) is 7.27. The highest BCUT2D eigenvalue weighted by Gasteiger charge is 2.15. The zero-order valence-electron chi connectivity index (χ0n) is 9.57. The van der Waals surface area contributed by atoms with Gasteiger partial charge in [0.1, 0.15) is 5.76 Å². The molecule has 15 heavy (non-hydrogen) atoms. The molecule has 1 heterocycles. The summed E-state index contributed by atoms with van der Waals surface area (Å²) in [6.45, 7) is 4.40. The van der Waals surface area contributed by atoms with E-state index in [0.717, 1.165) is 12.2 Å². The Bertz CT molecular complexity index is 246. The van der Waals surface area contributed by atoms with E-state index in [4.69, 9.17) is 4.42 Å². The lowest BCUT2D eigenvalue weighted by atomic mass is 10.1. The maximum Gasteiger partial charge on any atom is 0.123 e. The molecule has 3 nitrogen and oxygen atoms in total. The molecule has 2 atom stereocenters. The van der Waals surface area contributed by atoms with Crippen molar-refractivity contribution < 1.29 is 9.52 Å². The van der Waals surface area contributed by atoms with Gasteiger partial charge in [0.15, 0.2) is 0 Å². The van der Waals surface area contributed by atoms with Crippen LogP contribution in [0.3, 0.4) is 0 Å². The van der Waals surface area contributed by atoms with Gasteiger partial charge in [0.2, 0.25) is 0 Å². The lowest BCUT2D eigenvalue weighted by Gasteiger charge is -2.19. The van der Waals surface area contributed by atoms with Gasteiger partial charge in [-0.25, -0.2) is 0 Å². The predicted octanol–water partition coefficient (Wildman–Crippen LogP) is 2.48. The molecule has 0 fully saturated rings. The molecule has 1 aromatic rings. The van der Waals surface area contributed by atoms with Crippen molar-refractivity contribution in [2.75, 3.05) is 6.61 Å². The molecular weight excluding hydrogens is 190 g/mol. The molecular formula is C12H21NO2. The van der Waals surface area contributed by atoms with E-state index in [1.54, 1.807) is 6.26 Å². The largest absolute Gasteiger partial charge is 0.468 e. The van der Waals surface area contributed by atoms with Gasteiger partial charge in [-0.05, 0) is 25.5 Å². The summed E-state index contributed by atoms with van der Waals surface area (Å²) < 4.78 is 5.27. The number of nitrogens with one attached hydrogen (secondary N) is 1. The minimum Gasteiger partial charge on any atom is -0.468 e. The zero-order chi connectivity index (χ0) is 11.1. The van der Waals surface area contributed by atoms with Crippen LogP contribution in [0.4, 0.5) is 0 Å². The monoisotopic (exact) mass is 211 g/mol. The van der Waals surface area contributed by atoms with Gasteiger partial charge >= 0.3 is 0 Å². The maximum atomic E-state index is 9.25. The number of aliphatic hydroxyl groups excluding tert-OH is 1. The fourth-order valence-electron chi connectivity index (χ4n) is 1.65. The second-order valence-corrected chi connectivity index (χ2v) is 3.96. The van der Waals surface area contributed by atoms with Crippen LogP contribution in [0.1, 0.15) is 44.9 Å². The zero-order valence-corrected chi connectivity index (χ0v) is 9.57. The van der Waals surface area contributed by atoms with E-state index in [1.807, 2.05) is 12.1 Å². The Morgan fingerprint density at radius 2 is 2.33 bits per heavy atom. The van der Waals surface area contributed by atoms with Crippen LogP contribution in [0, 0.1) is 0 Å². The van der Waals surface area contributed by atoms with Gasteiger partial charge < -0.3 is 14.8 Å². The lowest BCUT2D eigenvalue weighted by Crippen LogP contribution is -2.32. The van der Waals surface area contributed by atoms with Gasteiger partial charge in [-0.2, -0.15) is 0 Å². The molecule has 0 radical (unpaired) electrons. The first-order valence-electron chi connectivity index (χ1n) is 5.68. The number of furan rings is 1. The van der Waals surface area contributed by atoms with Crippen molar-refractivity contribution in [2.45, 2.75) is 45.2 Å². The number of hydrogen-bond donors (Lipinski definition) is 2. The van der Waals surface area contributed by atoms with Gasteiger partial charge in [0.25, 0.3) is 0 Å². The van der Waals surface area contributed by atoms with Crippen LogP contribution in [0.2, 0.25) is 0 Å². The third-order valence-corrected chi connectivity index (χ3v) is 2.55. The molecule has 0 aliphatic rings. The van der Waals surface area contributed by atoms with E-state index in [-0.39, 0.29) is 12.6 Å². The van der Waals surface area contributed by atoms with Crippen molar-refractivity contribution in [3.8, 4) is 0 Å². The van der Waals surface area contributed by atoms with E-state index in [2.05, 4.69) is 19.2 Å². The van der Waals surface area contributed by atoms with Crippen LogP contribution in [-0.4, -0.2) is 17.8 Å². The van der Waals surface area contributed by atoms with Gasteiger partial charge in [-0.15, -0.1) is 0 Å². The van der Waals surface area contributed by atoms with E-state index in [9.17, 15) is 5.11 Å². The Balaban J connectivity index is 2.40. The van der Waals surface area contributed by atoms with Crippen molar-refractivity contribution in [2.24, 2.45) is 0 Å². The third kappa shape index (κ3) is 4.06. The summed E-state index contributed by atoms with van der Waals surface area (Å²) in [7, 11) is 0. The summed E-state index contributed by atoms with van der Waals surface area (Å²) in [6, 6.07) is 4.07. The summed E-state index contributed by atoms with van der Waals surface area (Å²) in [5, 5.41) is 12.6. The molecule has 0 aromatic carbocycles. The summed E-state index contributed by atoms with van der Waals surface area (Å²) in [4.78, 5) is 0. The molecule has 1 rings (SSSR count). The average molecular weight is 211 g/mol.